The standard InChI is InChI=1S/C13H22O2S/c1-10(2)6-5-7-11(3)8-9-15-13(14)12(4)16/h6,8,12,16H,5,7,9H2,1-4H3/b11-8+. The van der Waals surface area contributed by atoms with Gasteiger partial charge in [-0.15, -0.1) is 0 Å². The maximum atomic E-state index is 11.1. The summed E-state index contributed by atoms with van der Waals surface area (Å²) >= 11 is 3.99. The fourth-order valence-electron chi connectivity index (χ4n) is 1.08. The zero-order valence-electron chi connectivity index (χ0n) is 10.6. The first kappa shape index (κ1) is 15.3. The van der Waals surface area contributed by atoms with Crippen molar-refractivity contribution in [3.63, 3.8) is 0 Å². The molecule has 16 heavy (non-hydrogen) atoms. The summed E-state index contributed by atoms with van der Waals surface area (Å²) in [5.74, 6) is -0.267. The van der Waals surface area contributed by atoms with Crippen LogP contribution in [0.3, 0.4) is 0 Å². The predicted octanol–water partition coefficient (Wildman–Crippen LogP) is 3.54. The fraction of sp³-hybridized carbons (Fsp3) is 0.615. The molecule has 0 bridgehead atoms. The third kappa shape index (κ3) is 8.60. The SMILES string of the molecule is CC(C)=CCC/C(C)=C/COC(=O)C(C)S. The van der Waals surface area contributed by atoms with Crippen LogP contribution in [0.25, 0.3) is 0 Å². The van der Waals surface area contributed by atoms with Gasteiger partial charge in [-0.25, -0.2) is 0 Å². The van der Waals surface area contributed by atoms with E-state index < -0.39 is 0 Å². The molecule has 0 saturated carbocycles. The largest absolute Gasteiger partial charge is 0.461 e. The second kappa shape index (κ2) is 8.45. The van der Waals surface area contributed by atoms with E-state index in [0.717, 1.165) is 12.8 Å². The van der Waals surface area contributed by atoms with Crippen molar-refractivity contribution in [3.05, 3.63) is 23.3 Å². The molecule has 0 radical (unpaired) electrons. The van der Waals surface area contributed by atoms with E-state index >= 15 is 0 Å². The van der Waals surface area contributed by atoms with Gasteiger partial charge in [-0.3, -0.25) is 4.79 Å². The first-order valence-corrected chi connectivity index (χ1v) is 6.08. The lowest BCUT2D eigenvalue weighted by Gasteiger charge is -2.04. The predicted molar refractivity (Wildman–Crippen MR) is 71.8 cm³/mol. The summed E-state index contributed by atoms with van der Waals surface area (Å²) in [6.45, 7) is 8.29. The molecule has 0 N–H and O–H groups in total. The van der Waals surface area contributed by atoms with Gasteiger partial charge in [-0.1, -0.05) is 17.2 Å². The number of carbonyl (C=O) groups excluding carboxylic acids is 1. The van der Waals surface area contributed by atoms with Crippen LogP contribution >= 0.6 is 12.6 Å². The Labute approximate surface area is 104 Å². The zero-order chi connectivity index (χ0) is 12.6. The highest BCUT2D eigenvalue weighted by molar-refractivity contribution is 7.81. The van der Waals surface area contributed by atoms with Crippen molar-refractivity contribution < 1.29 is 9.53 Å². The molecule has 3 heteroatoms. The minimum absolute atomic E-state index is 0.267. The van der Waals surface area contributed by atoms with Gasteiger partial charge in [0.1, 0.15) is 6.61 Å². The number of esters is 1. The molecule has 0 fully saturated rings. The number of allylic oxidation sites excluding steroid dienone is 3. The molecule has 0 spiro atoms. The van der Waals surface area contributed by atoms with Crippen molar-refractivity contribution in [1.82, 2.24) is 0 Å². The Morgan fingerprint density at radius 1 is 1.31 bits per heavy atom. The zero-order valence-corrected chi connectivity index (χ0v) is 11.5. The third-order valence-corrected chi connectivity index (χ3v) is 2.30. The molecule has 2 nitrogen and oxygen atoms in total. The molecule has 92 valence electrons. The fourth-order valence-corrected chi connectivity index (χ4v) is 1.15. The van der Waals surface area contributed by atoms with Gasteiger partial charge in [0.05, 0.1) is 5.25 Å². The topological polar surface area (TPSA) is 26.3 Å². The number of ether oxygens (including phenoxy) is 1. The molecule has 0 aromatic carbocycles. The van der Waals surface area contributed by atoms with E-state index in [-0.39, 0.29) is 11.2 Å². The monoisotopic (exact) mass is 242 g/mol. The molecular weight excluding hydrogens is 220 g/mol. The molecule has 0 rings (SSSR count). The Balaban J connectivity index is 3.79. The second-order valence-electron chi connectivity index (χ2n) is 4.18. The molecular formula is C13H22O2S. The number of thiol groups is 1. The Morgan fingerprint density at radius 3 is 2.44 bits per heavy atom. The minimum atomic E-state index is -0.348. The van der Waals surface area contributed by atoms with Crippen LogP contribution in [-0.4, -0.2) is 17.8 Å². The summed E-state index contributed by atoms with van der Waals surface area (Å²) < 4.78 is 4.99. The molecule has 0 amide bonds. The van der Waals surface area contributed by atoms with Crippen LogP contribution in [0.4, 0.5) is 0 Å². The molecule has 0 aromatic heterocycles. The van der Waals surface area contributed by atoms with Gasteiger partial charge < -0.3 is 4.74 Å². The average molecular weight is 242 g/mol. The molecule has 1 atom stereocenters. The van der Waals surface area contributed by atoms with Gasteiger partial charge in [0.2, 0.25) is 0 Å². The summed E-state index contributed by atoms with van der Waals surface area (Å²) in [7, 11) is 0. The lowest BCUT2D eigenvalue weighted by molar-refractivity contribution is -0.141. The third-order valence-electron chi connectivity index (χ3n) is 2.09. The maximum Gasteiger partial charge on any atom is 0.318 e. The van der Waals surface area contributed by atoms with E-state index in [1.54, 1.807) is 6.92 Å². The molecule has 1 unspecified atom stereocenters. The lowest BCUT2D eigenvalue weighted by atomic mass is 10.1. The summed E-state index contributed by atoms with van der Waals surface area (Å²) in [5, 5.41) is -0.348. The summed E-state index contributed by atoms with van der Waals surface area (Å²) in [4.78, 5) is 11.1. The number of hydrogen-bond donors (Lipinski definition) is 1. The first-order chi connectivity index (χ1) is 7.43. The van der Waals surface area contributed by atoms with E-state index in [9.17, 15) is 4.79 Å². The van der Waals surface area contributed by atoms with Gasteiger partial charge in [-0.05, 0) is 46.6 Å². The van der Waals surface area contributed by atoms with Crippen molar-refractivity contribution in [2.75, 3.05) is 6.61 Å². The van der Waals surface area contributed by atoms with Crippen molar-refractivity contribution in [3.8, 4) is 0 Å². The second-order valence-corrected chi connectivity index (χ2v) is 4.95. The Hall–Kier alpha value is -0.700. The number of hydrogen-bond acceptors (Lipinski definition) is 3. The van der Waals surface area contributed by atoms with Crippen molar-refractivity contribution in [2.45, 2.75) is 45.8 Å². The van der Waals surface area contributed by atoms with Crippen molar-refractivity contribution in [1.29, 1.82) is 0 Å². The first-order valence-electron chi connectivity index (χ1n) is 5.57. The molecule has 0 aliphatic rings. The van der Waals surface area contributed by atoms with Gasteiger partial charge in [-0.2, -0.15) is 12.6 Å². The molecule has 0 saturated heterocycles. The Bertz CT molecular complexity index is 274. The van der Waals surface area contributed by atoms with Crippen LogP contribution < -0.4 is 0 Å². The van der Waals surface area contributed by atoms with Crippen LogP contribution in [-0.2, 0) is 9.53 Å². The average Bonchev–Trinajstić information content (AvgIpc) is 2.16. The summed E-state index contributed by atoms with van der Waals surface area (Å²) in [5.41, 5.74) is 2.58. The molecule has 0 heterocycles. The summed E-state index contributed by atoms with van der Waals surface area (Å²) in [6.07, 6.45) is 6.22. The van der Waals surface area contributed by atoms with E-state index in [1.807, 2.05) is 6.08 Å². The highest BCUT2D eigenvalue weighted by Crippen LogP contribution is 2.06. The highest BCUT2D eigenvalue weighted by Gasteiger charge is 2.07. The molecule has 0 aliphatic heterocycles. The van der Waals surface area contributed by atoms with E-state index in [0.29, 0.717) is 6.61 Å². The number of rotatable bonds is 6. The van der Waals surface area contributed by atoms with Crippen LogP contribution in [0.15, 0.2) is 23.3 Å². The molecule has 0 aromatic rings. The van der Waals surface area contributed by atoms with Gasteiger partial charge in [0, 0.05) is 0 Å². The van der Waals surface area contributed by atoms with Crippen LogP contribution in [0.5, 0.6) is 0 Å². The lowest BCUT2D eigenvalue weighted by Crippen LogP contribution is -2.14. The smallest absolute Gasteiger partial charge is 0.318 e. The Morgan fingerprint density at radius 2 is 1.94 bits per heavy atom. The van der Waals surface area contributed by atoms with Crippen molar-refractivity contribution >= 4 is 18.6 Å². The maximum absolute atomic E-state index is 11.1. The van der Waals surface area contributed by atoms with E-state index in [4.69, 9.17) is 4.74 Å². The van der Waals surface area contributed by atoms with E-state index in [1.165, 1.54) is 11.1 Å². The Kier molecular flexibility index (Phi) is 8.08. The van der Waals surface area contributed by atoms with Crippen molar-refractivity contribution in [2.24, 2.45) is 0 Å². The van der Waals surface area contributed by atoms with Crippen LogP contribution in [0.2, 0.25) is 0 Å². The highest BCUT2D eigenvalue weighted by atomic mass is 32.1. The molecule has 0 aliphatic carbocycles. The van der Waals surface area contributed by atoms with Crippen LogP contribution in [0, 0.1) is 0 Å². The summed E-state index contributed by atoms with van der Waals surface area (Å²) in [6, 6.07) is 0. The normalized spacial score (nSPS) is 13.2. The quantitative estimate of drug-likeness (QED) is 0.438. The van der Waals surface area contributed by atoms with Gasteiger partial charge >= 0.3 is 5.97 Å². The minimum Gasteiger partial charge on any atom is -0.461 e. The van der Waals surface area contributed by atoms with Gasteiger partial charge in [0.25, 0.3) is 0 Å². The number of carbonyl (C=O) groups is 1. The van der Waals surface area contributed by atoms with E-state index in [2.05, 4.69) is 39.5 Å². The van der Waals surface area contributed by atoms with Gasteiger partial charge in [0.15, 0.2) is 0 Å². The van der Waals surface area contributed by atoms with Crippen LogP contribution in [0.1, 0.15) is 40.5 Å².